The first-order chi connectivity index (χ1) is 8.52. The zero-order valence-corrected chi connectivity index (χ0v) is 11.0. The number of hydrogen-bond donors (Lipinski definition) is 1. The van der Waals surface area contributed by atoms with Crippen molar-refractivity contribution in [3.63, 3.8) is 0 Å². The van der Waals surface area contributed by atoms with Gasteiger partial charge in [-0.2, -0.15) is 0 Å². The zero-order valence-electron chi connectivity index (χ0n) is 11.0. The molecule has 0 aliphatic rings. The van der Waals surface area contributed by atoms with Crippen LogP contribution in [0.15, 0.2) is 24.3 Å². The van der Waals surface area contributed by atoms with Crippen LogP contribution in [0, 0.1) is 5.92 Å². The van der Waals surface area contributed by atoms with Crippen molar-refractivity contribution in [2.24, 2.45) is 5.92 Å². The monoisotopic (exact) mass is 249 g/mol. The summed E-state index contributed by atoms with van der Waals surface area (Å²) in [4.78, 5) is 23.2. The highest BCUT2D eigenvalue weighted by atomic mass is 16.5. The van der Waals surface area contributed by atoms with Crippen LogP contribution in [-0.2, 0) is 4.79 Å². The number of Topliss-reactive ketones (excluding diaryl/α,β-unsaturated/α-hetero) is 1. The third-order valence-corrected chi connectivity index (χ3v) is 2.30. The lowest BCUT2D eigenvalue weighted by molar-refractivity contribution is -0.135. The minimum Gasteiger partial charge on any atom is -0.426 e. The van der Waals surface area contributed by atoms with E-state index in [0.29, 0.717) is 17.7 Å². The van der Waals surface area contributed by atoms with E-state index >= 15 is 0 Å². The molecule has 0 bridgehead atoms. The highest BCUT2D eigenvalue weighted by Gasteiger charge is 2.10. The second-order valence-corrected chi connectivity index (χ2v) is 4.55. The summed E-state index contributed by atoms with van der Waals surface area (Å²) in [5, 5.41) is 2.80. The summed E-state index contributed by atoms with van der Waals surface area (Å²) in [7, 11) is 1.71. The van der Waals surface area contributed by atoms with Crippen molar-refractivity contribution in [1.29, 1.82) is 0 Å². The fourth-order valence-electron chi connectivity index (χ4n) is 1.50. The van der Waals surface area contributed by atoms with Crippen molar-refractivity contribution in [3.05, 3.63) is 29.8 Å². The van der Waals surface area contributed by atoms with Crippen LogP contribution in [0.3, 0.4) is 0 Å². The molecule has 0 amide bonds. The SMILES string of the molecule is CNCC(=O)c1cccc(OC(=O)CC(C)C)c1. The largest absolute Gasteiger partial charge is 0.426 e. The van der Waals surface area contributed by atoms with Crippen LogP contribution in [0.4, 0.5) is 0 Å². The quantitative estimate of drug-likeness (QED) is 0.476. The van der Waals surface area contributed by atoms with E-state index in [2.05, 4.69) is 5.32 Å². The number of benzene rings is 1. The van der Waals surface area contributed by atoms with Gasteiger partial charge in [-0.05, 0) is 25.1 Å². The lowest BCUT2D eigenvalue weighted by atomic mass is 10.1. The smallest absolute Gasteiger partial charge is 0.311 e. The summed E-state index contributed by atoms with van der Waals surface area (Å²) in [5.41, 5.74) is 0.541. The molecule has 0 radical (unpaired) electrons. The average Bonchev–Trinajstić information content (AvgIpc) is 2.28. The Kier molecular flexibility index (Phi) is 5.52. The molecule has 0 unspecified atom stereocenters. The van der Waals surface area contributed by atoms with Crippen LogP contribution >= 0.6 is 0 Å². The summed E-state index contributed by atoms with van der Waals surface area (Å²) < 4.78 is 5.18. The predicted octanol–water partition coefficient (Wildman–Crippen LogP) is 2.04. The van der Waals surface area contributed by atoms with Gasteiger partial charge in [-0.25, -0.2) is 0 Å². The Hall–Kier alpha value is -1.68. The number of ketones is 1. The third-order valence-electron chi connectivity index (χ3n) is 2.30. The van der Waals surface area contributed by atoms with Gasteiger partial charge in [0.2, 0.25) is 0 Å². The predicted molar refractivity (Wildman–Crippen MR) is 69.8 cm³/mol. The number of likely N-dealkylation sites (N-methyl/N-ethyl adjacent to an activating group) is 1. The molecule has 1 rings (SSSR count). The van der Waals surface area contributed by atoms with Gasteiger partial charge in [-0.3, -0.25) is 9.59 Å². The molecule has 1 aromatic carbocycles. The Morgan fingerprint density at radius 2 is 2.06 bits per heavy atom. The molecule has 0 spiro atoms. The first-order valence-electron chi connectivity index (χ1n) is 6.01. The number of rotatable bonds is 6. The number of hydrogen-bond acceptors (Lipinski definition) is 4. The standard InChI is InChI=1S/C14H19NO3/c1-10(2)7-14(17)18-12-6-4-5-11(8-12)13(16)9-15-3/h4-6,8,10,15H,7,9H2,1-3H3. The third kappa shape index (κ3) is 4.67. The van der Waals surface area contributed by atoms with Crippen molar-refractivity contribution < 1.29 is 14.3 Å². The second kappa shape index (κ2) is 6.91. The van der Waals surface area contributed by atoms with E-state index in [1.165, 1.54) is 0 Å². The molecular formula is C14H19NO3. The average molecular weight is 249 g/mol. The molecule has 0 aromatic heterocycles. The van der Waals surface area contributed by atoms with E-state index in [-0.39, 0.29) is 24.2 Å². The Labute approximate surface area is 107 Å². The number of esters is 1. The normalized spacial score (nSPS) is 10.4. The molecule has 98 valence electrons. The summed E-state index contributed by atoms with van der Waals surface area (Å²) >= 11 is 0. The van der Waals surface area contributed by atoms with Gasteiger partial charge in [0.15, 0.2) is 5.78 Å². The highest BCUT2D eigenvalue weighted by Crippen LogP contribution is 2.15. The van der Waals surface area contributed by atoms with E-state index in [1.807, 2.05) is 13.8 Å². The summed E-state index contributed by atoms with van der Waals surface area (Å²) in [6.07, 6.45) is 0.370. The van der Waals surface area contributed by atoms with E-state index in [1.54, 1.807) is 31.3 Å². The van der Waals surface area contributed by atoms with Crippen LogP contribution in [-0.4, -0.2) is 25.3 Å². The summed E-state index contributed by atoms with van der Waals surface area (Å²) in [6.45, 7) is 4.17. The maximum Gasteiger partial charge on any atom is 0.311 e. The van der Waals surface area contributed by atoms with Gasteiger partial charge in [-0.1, -0.05) is 26.0 Å². The lowest BCUT2D eigenvalue weighted by Gasteiger charge is -2.07. The fourth-order valence-corrected chi connectivity index (χ4v) is 1.50. The molecule has 0 saturated heterocycles. The van der Waals surface area contributed by atoms with Gasteiger partial charge in [-0.15, -0.1) is 0 Å². The Morgan fingerprint density at radius 3 is 2.67 bits per heavy atom. The van der Waals surface area contributed by atoms with Crippen LogP contribution in [0.25, 0.3) is 0 Å². The van der Waals surface area contributed by atoms with Crippen LogP contribution < -0.4 is 10.1 Å². The van der Waals surface area contributed by atoms with E-state index < -0.39 is 0 Å². The number of nitrogens with one attached hydrogen (secondary N) is 1. The molecule has 0 aliphatic carbocycles. The molecular weight excluding hydrogens is 230 g/mol. The molecule has 0 aliphatic heterocycles. The summed E-state index contributed by atoms with van der Waals surface area (Å²) in [5.74, 6) is 0.372. The number of carbonyl (C=O) groups excluding carboxylic acids is 2. The molecule has 1 N–H and O–H groups in total. The number of carbonyl (C=O) groups is 2. The van der Waals surface area contributed by atoms with Crippen molar-refractivity contribution >= 4 is 11.8 Å². The van der Waals surface area contributed by atoms with Crippen LogP contribution in [0.5, 0.6) is 5.75 Å². The van der Waals surface area contributed by atoms with Crippen molar-refractivity contribution in [3.8, 4) is 5.75 Å². The maximum atomic E-state index is 11.7. The molecule has 0 atom stereocenters. The molecule has 0 heterocycles. The van der Waals surface area contributed by atoms with Crippen LogP contribution in [0.2, 0.25) is 0 Å². The molecule has 4 nitrogen and oxygen atoms in total. The van der Waals surface area contributed by atoms with Gasteiger partial charge >= 0.3 is 5.97 Å². The minimum atomic E-state index is -0.275. The van der Waals surface area contributed by atoms with E-state index in [9.17, 15) is 9.59 Å². The first kappa shape index (κ1) is 14.4. The molecule has 1 aromatic rings. The van der Waals surface area contributed by atoms with Gasteiger partial charge in [0.25, 0.3) is 0 Å². The van der Waals surface area contributed by atoms with Crippen molar-refractivity contribution in [2.75, 3.05) is 13.6 Å². The van der Waals surface area contributed by atoms with Crippen LogP contribution in [0.1, 0.15) is 30.6 Å². The Balaban J connectivity index is 2.70. The molecule has 0 fully saturated rings. The van der Waals surface area contributed by atoms with Crippen molar-refractivity contribution in [1.82, 2.24) is 5.32 Å². The fraction of sp³-hybridized carbons (Fsp3) is 0.429. The number of ether oxygens (including phenoxy) is 1. The topological polar surface area (TPSA) is 55.4 Å². The molecule has 4 heteroatoms. The maximum absolute atomic E-state index is 11.7. The zero-order chi connectivity index (χ0) is 13.5. The van der Waals surface area contributed by atoms with Gasteiger partial charge in [0, 0.05) is 12.0 Å². The summed E-state index contributed by atoms with van der Waals surface area (Å²) in [6, 6.07) is 6.69. The Bertz CT molecular complexity index is 427. The van der Waals surface area contributed by atoms with Gasteiger partial charge in [0.05, 0.1) is 6.54 Å². The van der Waals surface area contributed by atoms with Gasteiger partial charge in [0.1, 0.15) is 5.75 Å². The van der Waals surface area contributed by atoms with E-state index in [4.69, 9.17) is 4.74 Å². The highest BCUT2D eigenvalue weighted by molar-refractivity contribution is 5.98. The van der Waals surface area contributed by atoms with Gasteiger partial charge < -0.3 is 10.1 Å². The lowest BCUT2D eigenvalue weighted by Crippen LogP contribution is -2.18. The second-order valence-electron chi connectivity index (χ2n) is 4.55. The van der Waals surface area contributed by atoms with E-state index in [0.717, 1.165) is 0 Å². The minimum absolute atomic E-state index is 0.0285. The molecule has 0 saturated carbocycles. The Morgan fingerprint density at radius 1 is 1.33 bits per heavy atom. The molecule has 18 heavy (non-hydrogen) atoms. The first-order valence-corrected chi connectivity index (χ1v) is 6.01. The van der Waals surface area contributed by atoms with Crippen molar-refractivity contribution in [2.45, 2.75) is 20.3 Å².